The Bertz CT molecular complexity index is 1260. The molecule has 9 nitrogen and oxygen atoms in total. The largest absolute Gasteiger partial charge is 0.377 e. The Kier molecular flexibility index (Phi) is 5.66. The number of hydrogen-bond acceptors (Lipinski definition) is 6. The zero-order valence-electron chi connectivity index (χ0n) is 18.0. The SMILES string of the molecule is Cc1ccc(-n2nccn2)c(C(=O)N2CCOC[C@H]2Cc2cc(-n3nccn3)ccc2F)c1. The normalized spacial score (nSPS) is 16.2. The number of halogens is 1. The molecule has 1 saturated heterocycles. The number of morpholine rings is 1. The third kappa shape index (κ3) is 4.24. The molecule has 33 heavy (non-hydrogen) atoms. The maximum Gasteiger partial charge on any atom is 0.256 e. The first kappa shape index (κ1) is 21.0. The van der Waals surface area contributed by atoms with Gasteiger partial charge >= 0.3 is 0 Å². The van der Waals surface area contributed by atoms with Gasteiger partial charge in [0.25, 0.3) is 5.91 Å². The Balaban J connectivity index is 1.46. The predicted molar refractivity (Wildman–Crippen MR) is 117 cm³/mol. The molecule has 0 aliphatic carbocycles. The molecule has 1 amide bonds. The molecule has 1 aliphatic heterocycles. The standard InChI is InChI=1S/C23H22FN7O2/c1-16-2-5-22(31-27-8-9-28-31)20(12-16)23(32)29-10-11-33-15-19(29)14-17-13-18(3-4-21(17)24)30-25-6-7-26-30/h2-9,12-13,19H,10-11,14-15H2,1H3/t19-/m1/s1. The van der Waals surface area contributed by atoms with E-state index in [2.05, 4.69) is 20.4 Å². The molecule has 4 aromatic rings. The maximum atomic E-state index is 14.7. The van der Waals surface area contributed by atoms with Gasteiger partial charge in [0.15, 0.2) is 0 Å². The van der Waals surface area contributed by atoms with Crippen molar-refractivity contribution in [3.05, 3.63) is 83.7 Å². The summed E-state index contributed by atoms with van der Waals surface area (Å²) in [6.45, 7) is 3.07. The highest BCUT2D eigenvalue weighted by molar-refractivity contribution is 5.98. The lowest BCUT2D eigenvalue weighted by molar-refractivity contribution is -0.00186. The monoisotopic (exact) mass is 447 g/mol. The van der Waals surface area contributed by atoms with E-state index >= 15 is 0 Å². The van der Waals surface area contributed by atoms with E-state index in [1.54, 1.807) is 41.8 Å². The summed E-state index contributed by atoms with van der Waals surface area (Å²) in [5, 5.41) is 16.6. The minimum absolute atomic E-state index is 0.162. The first-order valence-corrected chi connectivity index (χ1v) is 10.6. The average molecular weight is 447 g/mol. The fourth-order valence-electron chi connectivity index (χ4n) is 4.03. The number of rotatable bonds is 5. The highest BCUT2D eigenvalue weighted by Crippen LogP contribution is 2.23. The van der Waals surface area contributed by atoms with Crippen molar-refractivity contribution in [3.63, 3.8) is 0 Å². The number of hydrogen-bond donors (Lipinski definition) is 0. The summed E-state index contributed by atoms with van der Waals surface area (Å²) in [6.07, 6.45) is 6.55. The van der Waals surface area contributed by atoms with Crippen LogP contribution in [0, 0.1) is 12.7 Å². The number of carbonyl (C=O) groups is 1. The van der Waals surface area contributed by atoms with Gasteiger partial charge in [-0.15, -0.1) is 0 Å². The molecular formula is C23H22FN7O2. The molecule has 10 heteroatoms. The van der Waals surface area contributed by atoms with Crippen molar-refractivity contribution in [2.75, 3.05) is 19.8 Å². The number of benzene rings is 2. The zero-order valence-corrected chi connectivity index (χ0v) is 18.0. The quantitative estimate of drug-likeness (QED) is 0.467. The van der Waals surface area contributed by atoms with Crippen molar-refractivity contribution >= 4 is 5.91 Å². The van der Waals surface area contributed by atoms with Crippen molar-refractivity contribution < 1.29 is 13.9 Å². The number of nitrogens with zero attached hydrogens (tertiary/aromatic N) is 7. The zero-order chi connectivity index (χ0) is 22.8. The topological polar surface area (TPSA) is 91.0 Å². The third-order valence-corrected chi connectivity index (χ3v) is 5.64. The van der Waals surface area contributed by atoms with Gasteiger partial charge in [0.2, 0.25) is 0 Å². The fraction of sp³-hybridized carbons (Fsp3) is 0.261. The highest BCUT2D eigenvalue weighted by atomic mass is 19.1. The summed E-state index contributed by atoms with van der Waals surface area (Å²) in [7, 11) is 0. The summed E-state index contributed by atoms with van der Waals surface area (Å²) in [5.41, 5.74) is 3.16. The van der Waals surface area contributed by atoms with Crippen LogP contribution in [-0.2, 0) is 11.2 Å². The van der Waals surface area contributed by atoms with Crippen molar-refractivity contribution in [2.24, 2.45) is 0 Å². The number of aryl methyl sites for hydroxylation is 1. The summed E-state index contributed by atoms with van der Waals surface area (Å²) in [5.74, 6) is -0.509. The van der Waals surface area contributed by atoms with Gasteiger partial charge < -0.3 is 9.64 Å². The van der Waals surface area contributed by atoms with Crippen molar-refractivity contribution in [3.8, 4) is 11.4 Å². The molecule has 168 valence electrons. The number of ether oxygens (including phenoxy) is 1. The minimum Gasteiger partial charge on any atom is -0.377 e. The van der Waals surface area contributed by atoms with E-state index in [-0.39, 0.29) is 17.8 Å². The summed E-state index contributed by atoms with van der Waals surface area (Å²) >= 11 is 0. The third-order valence-electron chi connectivity index (χ3n) is 5.64. The Labute approximate surface area is 189 Å². The van der Waals surface area contributed by atoms with Gasteiger partial charge in [-0.2, -0.15) is 30.0 Å². The van der Waals surface area contributed by atoms with E-state index in [0.717, 1.165) is 5.56 Å². The van der Waals surface area contributed by atoms with Crippen LogP contribution in [0.4, 0.5) is 4.39 Å². The van der Waals surface area contributed by atoms with Crippen LogP contribution in [0.5, 0.6) is 0 Å². The van der Waals surface area contributed by atoms with Gasteiger partial charge in [-0.1, -0.05) is 11.6 Å². The van der Waals surface area contributed by atoms with Gasteiger partial charge in [-0.3, -0.25) is 4.79 Å². The highest BCUT2D eigenvalue weighted by Gasteiger charge is 2.31. The molecule has 0 radical (unpaired) electrons. The maximum absolute atomic E-state index is 14.7. The Morgan fingerprint density at radius 2 is 1.76 bits per heavy atom. The first-order valence-electron chi connectivity index (χ1n) is 10.6. The minimum atomic E-state index is -0.346. The van der Waals surface area contributed by atoms with E-state index in [0.29, 0.717) is 48.7 Å². The van der Waals surface area contributed by atoms with Crippen molar-refractivity contribution in [1.29, 1.82) is 0 Å². The molecule has 0 N–H and O–H groups in total. The molecular weight excluding hydrogens is 425 g/mol. The van der Waals surface area contributed by atoms with Gasteiger partial charge in [-0.05, 0) is 49.2 Å². The summed E-state index contributed by atoms with van der Waals surface area (Å²) < 4.78 is 20.4. The molecule has 2 aromatic heterocycles. The number of carbonyl (C=O) groups excluding carboxylic acids is 1. The van der Waals surface area contributed by atoms with Crippen LogP contribution in [0.3, 0.4) is 0 Å². The van der Waals surface area contributed by atoms with Crippen LogP contribution >= 0.6 is 0 Å². The molecule has 1 fully saturated rings. The molecule has 2 aromatic carbocycles. The van der Waals surface area contributed by atoms with Crippen LogP contribution in [0.2, 0.25) is 0 Å². The summed E-state index contributed by atoms with van der Waals surface area (Å²) in [6, 6.07) is 9.97. The van der Waals surface area contributed by atoms with Crippen LogP contribution in [0.25, 0.3) is 11.4 Å². The lowest BCUT2D eigenvalue weighted by Gasteiger charge is -2.36. The van der Waals surface area contributed by atoms with E-state index in [9.17, 15) is 9.18 Å². The molecule has 0 unspecified atom stereocenters. The van der Waals surface area contributed by atoms with Crippen molar-refractivity contribution in [2.45, 2.75) is 19.4 Å². The van der Waals surface area contributed by atoms with Crippen LogP contribution in [0.15, 0.2) is 61.2 Å². The average Bonchev–Trinajstić information content (AvgIpc) is 3.55. The Morgan fingerprint density at radius 1 is 1.03 bits per heavy atom. The van der Waals surface area contributed by atoms with Gasteiger partial charge in [0, 0.05) is 6.54 Å². The van der Waals surface area contributed by atoms with Crippen LogP contribution in [0.1, 0.15) is 21.5 Å². The Morgan fingerprint density at radius 3 is 2.52 bits per heavy atom. The van der Waals surface area contributed by atoms with Crippen LogP contribution in [-0.4, -0.2) is 66.6 Å². The van der Waals surface area contributed by atoms with Gasteiger partial charge in [-0.25, -0.2) is 4.39 Å². The molecule has 1 aliphatic rings. The second kappa shape index (κ2) is 8.91. The molecule has 3 heterocycles. The van der Waals surface area contributed by atoms with E-state index in [1.807, 2.05) is 25.1 Å². The van der Waals surface area contributed by atoms with E-state index < -0.39 is 0 Å². The molecule has 0 spiro atoms. The first-order chi connectivity index (χ1) is 16.1. The second-order valence-electron chi connectivity index (χ2n) is 7.86. The van der Waals surface area contributed by atoms with Gasteiger partial charge in [0.05, 0.1) is 61.0 Å². The molecule has 0 saturated carbocycles. The number of amides is 1. The Hall–Kier alpha value is -3.92. The van der Waals surface area contributed by atoms with E-state index in [1.165, 1.54) is 15.7 Å². The fourth-order valence-corrected chi connectivity index (χ4v) is 4.03. The lowest BCUT2D eigenvalue weighted by atomic mass is 10.0. The van der Waals surface area contributed by atoms with Gasteiger partial charge in [0.1, 0.15) is 5.82 Å². The lowest BCUT2D eigenvalue weighted by Crippen LogP contribution is -2.50. The van der Waals surface area contributed by atoms with Crippen LogP contribution < -0.4 is 0 Å². The second-order valence-corrected chi connectivity index (χ2v) is 7.86. The van der Waals surface area contributed by atoms with E-state index in [4.69, 9.17) is 4.74 Å². The number of aromatic nitrogens is 6. The predicted octanol–water partition coefficient (Wildman–Crippen LogP) is 2.38. The molecule has 0 bridgehead atoms. The molecule has 5 rings (SSSR count). The summed E-state index contributed by atoms with van der Waals surface area (Å²) in [4.78, 5) is 18.3. The molecule has 1 atom stereocenters. The smallest absolute Gasteiger partial charge is 0.256 e. The van der Waals surface area contributed by atoms with Crippen molar-refractivity contribution in [1.82, 2.24) is 34.9 Å².